The van der Waals surface area contributed by atoms with Crippen LogP contribution in [0.2, 0.25) is 0 Å². The Kier molecular flexibility index (Phi) is 9.51. The topological polar surface area (TPSA) is 168 Å². The number of ether oxygens (including phenoxy) is 1. The number of carbonyl (C=O) groups excluding carboxylic acids is 4. The van der Waals surface area contributed by atoms with Crippen LogP contribution in [0.25, 0.3) is 0 Å². The summed E-state index contributed by atoms with van der Waals surface area (Å²) in [7, 11) is -5.11. The average Bonchev–Trinajstić information content (AvgIpc) is 3.19. The summed E-state index contributed by atoms with van der Waals surface area (Å²) in [6.45, 7) is 4.28. The maximum absolute atomic E-state index is 13.0. The molecule has 202 valence electrons. The van der Waals surface area contributed by atoms with E-state index in [0.29, 0.717) is 24.8 Å². The molecule has 11 nitrogen and oxygen atoms in total. The summed E-state index contributed by atoms with van der Waals surface area (Å²) in [5.74, 6) is -0.513. The second-order valence-electron chi connectivity index (χ2n) is 10.7. The zero-order valence-electron chi connectivity index (χ0n) is 20.8. The third kappa shape index (κ3) is 8.02. The first-order valence-corrected chi connectivity index (χ1v) is 14.1. The smallest absolute Gasteiger partial charge is 0.407 e. The number of rotatable bonds is 10. The van der Waals surface area contributed by atoms with Crippen LogP contribution in [0.15, 0.2) is 12.2 Å². The first-order valence-electron chi connectivity index (χ1n) is 12.6. The maximum Gasteiger partial charge on any atom is 0.407 e. The molecule has 4 N–H and O–H groups in total. The molecule has 36 heavy (non-hydrogen) atoms. The standard InChI is InChI=1S/C24H37N3O8S/c1-14(2)8-19(27-24(31)35-13-17-10-15-4-3-5-16(9-15)11-17)22(29)26-20(23(30)36(32,33)34)12-18-6-7-25-21(18)28/h3-4,14-20H,5-13H2,1-2H3,(H,25,28)(H,26,29)(H,27,31)(H,32,33,34)/t15-,16+,17+,18-,19-,20-/m0/s1. The van der Waals surface area contributed by atoms with Gasteiger partial charge in [0.05, 0.1) is 6.61 Å². The lowest BCUT2D eigenvalue weighted by Crippen LogP contribution is -2.53. The van der Waals surface area contributed by atoms with E-state index in [1.54, 1.807) is 0 Å². The molecule has 1 saturated heterocycles. The van der Waals surface area contributed by atoms with Crippen LogP contribution in [0.5, 0.6) is 0 Å². The molecule has 2 bridgehead atoms. The zero-order chi connectivity index (χ0) is 26.5. The molecule has 0 radical (unpaired) electrons. The fraction of sp³-hybridized carbons (Fsp3) is 0.750. The summed E-state index contributed by atoms with van der Waals surface area (Å²) in [4.78, 5) is 49.8. The highest BCUT2D eigenvalue weighted by Gasteiger charge is 2.38. The molecule has 0 aromatic carbocycles. The minimum atomic E-state index is -5.11. The lowest BCUT2D eigenvalue weighted by molar-refractivity contribution is -0.128. The number of fused-ring (bicyclic) bond motifs is 2. The minimum Gasteiger partial charge on any atom is -0.449 e. The van der Waals surface area contributed by atoms with Gasteiger partial charge in [0, 0.05) is 12.5 Å². The molecule has 0 spiro atoms. The molecule has 0 aromatic rings. The summed E-state index contributed by atoms with van der Waals surface area (Å²) in [6, 6.07) is -2.73. The largest absolute Gasteiger partial charge is 0.449 e. The first-order chi connectivity index (χ1) is 16.9. The number of alkyl carbamates (subject to hydrolysis) is 1. The summed E-state index contributed by atoms with van der Waals surface area (Å²) < 4.78 is 37.7. The number of amides is 3. The summed E-state index contributed by atoms with van der Waals surface area (Å²) >= 11 is 0. The Hall–Kier alpha value is -2.47. The molecule has 3 rings (SSSR count). The molecular formula is C24H37N3O8S. The van der Waals surface area contributed by atoms with Gasteiger partial charge in [-0.2, -0.15) is 8.42 Å². The second kappa shape index (κ2) is 12.2. The van der Waals surface area contributed by atoms with Crippen LogP contribution in [0.4, 0.5) is 4.79 Å². The lowest BCUT2D eigenvalue weighted by atomic mass is 9.71. The van der Waals surface area contributed by atoms with Crippen LogP contribution in [0.1, 0.15) is 58.8 Å². The molecule has 12 heteroatoms. The van der Waals surface area contributed by atoms with Gasteiger partial charge in [-0.05, 0) is 68.6 Å². The number of carbonyl (C=O) groups is 4. The van der Waals surface area contributed by atoms with Crippen LogP contribution in [-0.4, -0.2) is 61.2 Å². The highest BCUT2D eigenvalue weighted by atomic mass is 32.2. The molecule has 0 unspecified atom stereocenters. The van der Waals surface area contributed by atoms with Crippen LogP contribution in [0, 0.1) is 29.6 Å². The molecule has 1 aliphatic heterocycles. The summed E-state index contributed by atoms with van der Waals surface area (Å²) in [5.41, 5.74) is 0. The number of nitrogens with one attached hydrogen (secondary N) is 3. The summed E-state index contributed by atoms with van der Waals surface area (Å²) in [6.07, 6.45) is 8.11. The highest BCUT2D eigenvalue weighted by molar-refractivity contribution is 8.01. The first kappa shape index (κ1) is 28.1. The average molecular weight is 528 g/mol. The van der Waals surface area contributed by atoms with Crippen molar-refractivity contribution in [2.45, 2.75) is 70.9 Å². The van der Waals surface area contributed by atoms with Gasteiger partial charge in [-0.15, -0.1) is 0 Å². The predicted molar refractivity (Wildman–Crippen MR) is 130 cm³/mol. The maximum atomic E-state index is 13.0. The monoisotopic (exact) mass is 527 g/mol. The van der Waals surface area contributed by atoms with Gasteiger partial charge in [0.25, 0.3) is 5.12 Å². The van der Waals surface area contributed by atoms with E-state index in [0.717, 1.165) is 19.3 Å². The quantitative estimate of drug-likeness (QED) is 0.245. The molecule has 6 atom stereocenters. The Balaban J connectivity index is 1.60. The van der Waals surface area contributed by atoms with Gasteiger partial charge in [-0.25, -0.2) is 4.79 Å². The van der Waals surface area contributed by atoms with E-state index in [1.807, 2.05) is 13.8 Å². The fourth-order valence-electron chi connectivity index (χ4n) is 5.47. The third-order valence-electron chi connectivity index (χ3n) is 7.12. The Morgan fingerprint density at radius 1 is 1.17 bits per heavy atom. The normalized spacial score (nSPS) is 27.2. The second-order valence-corrected chi connectivity index (χ2v) is 12.0. The van der Waals surface area contributed by atoms with Crippen molar-refractivity contribution in [2.75, 3.05) is 13.2 Å². The van der Waals surface area contributed by atoms with Crippen molar-refractivity contribution in [1.29, 1.82) is 0 Å². The van der Waals surface area contributed by atoms with E-state index in [9.17, 15) is 32.1 Å². The molecule has 1 heterocycles. The molecule has 0 aromatic heterocycles. The fourth-order valence-corrected chi connectivity index (χ4v) is 5.98. The molecular weight excluding hydrogens is 490 g/mol. The van der Waals surface area contributed by atoms with Gasteiger partial charge in [0.2, 0.25) is 11.8 Å². The van der Waals surface area contributed by atoms with E-state index in [2.05, 4.69) is 28.1 Å². The third-order valence-corrected chi connectivity index (χ3v) is 7.91. The molecule has 3 aliphatic rings. The minimum absolute atomic E-state index is 0.0260. The van der Waals surface area contributed by atoms with Gasteiger partial charge in [-0.1, -0.05) is 26.0 Å². The van der Waals surface area contributed by atoms with Gasteiger partial charge < -0.3 is 20.7 Å². The number of hydrogen-bond donors (Lipinski definition) is 4. The van der Waals surface area contributed by atoms with Gasteiger partial charge >= 0.3 is 16.2 Å². The van der Waals surface area contributed by atoms with Crippen LogP contribution < -0.4 is 16.0 Å². The van der Waals surface area contributed by atoms with E-state index in [4.69, 9.17) is 4.74 Å². The molecule has 2 fully saturated rings. The van der Waals surface area contributed by atoms with Crippen molar-refractivity contribution in [1.82, 2.24) is 16.0 Å². The Morgan fingerprint density at radius 3 is 2.53 bits per heavy atom. The predicted octanol–water partition coefficient (Wildman–Crippen LogP) is 1.55. The van der Waals surface area contributed by atoms with Gasteiger partial charge in [0.1, 0.15) is 12.1 Å². The number of allylic oxidation sites excluding steroid dienone is 2. The van der Waals surface area contributed by atoms with Crippen molar-refractivity contribution in [3.05, 3.63) is 12.2 Å². The van der Waals surface area contributed by atoms with Crippen LogP contribution in [0.3, 0.4) is 0 Å². The van der Waals surface area contributed by atoms with E-state index >= 15 is 0 Å². The van der Waals surface area contributed by atoms with Crippen molar-refractivity contribution >= 4 is 33.1 Å². The molecule has 1 saturated carbocycles. The lowest BCUT2D eigenvalue weighted by Gasteiger charge is -2.35. The van der Waals surface area contributed by atoms with Gasteiger partial charge in [-0.3, -0.25) is 18.9 Å². The Labute approximate surface area is 211 Å². The number of hydrogen-bond acceptors (Lipinski definition) is 7. The van der Waals surface area contributed by atoms with Crippen molar-refractivity contribution < 1.29 is 36.9 Å². The highest BCUT2D eigenvalue weighted by Crippen LogP contribution is 2.39. The van der Waals surface area contributed by atoms with Gasteiger partial charge in [0.15, 0.2) is 0 Å². The molecule has 3 amide bonds. The Morgan fingerprint density at radius 2 is 1.92 bits per heavy atom. The SMILES string of the molecule is CC(C)C[C@H](NC(=O)OC[C@@H]1C[C@H]2C=CC[C@H](C2)C1)C(=O)N[C@@H](C[C@@H]1CCNC1=O)C(=O)S(=O)(=O)O. The van der Waals surface area contributed by atoms with Crippen molar-refractivity contribution in [3.8, 4) is 0 Å². The summed E-state index contributed by atoms with van der Waals surface area (Å²) in [5, 5.41) is 5.85. The van der Waals surface area contributed by atoms with E-state index < -0.39 is 45.2 Å². The Bertz CT molecular complexity index is 980. The van der Waals surface area contributed by atoms with Crippen LogP contribution >= 0.6 is 0 Å². The van der Waals surface area contributed by atoms with E-state index in [-0.39, 0.29) is 37.2 Å². The van der Waals surface area contributed by atoms with Crippen LogP contribution in [-0.2, 0) is 29.2 Å². The molecule has 2 aliphatic carbocycles. The van der Waals surface area contributed by atoms with Crippen molar-refractivity contribution in [3.63, 3.8) is 0 Å². The van der Waals surface area contributed by atoms with E-state index in [1.165, 1.54) is 6.42 Å². The van der Waals surface area contributed by atoms with Crippen molar-refractivity contribution in [2.24, 2.45) is 29.6 Å². The zero-order valence-corrected chi connectivity index (χ0v) is 21.6.